The van der Waals surface area contributed by atoms with Gasteiger partial charge in [0.25, 0.3) is 11.8 Å². The minimum Gasteiger partial charge on any atom is -0.491 e. The van der Waals surface area contributed by atoms with E-state index in [1.165, 1.54) is 12.8 Å². The summed E-state index contributed by atoms with van der Waals surface area (Å²) in [4.78, 5) is 25.6. The van der Waals surface area contributed by atoms with E-state index in [1.807, 2.05) is 45.1 Å². The molecule has 218 valence electrons. The first-order valence-electron chi connectivity index (χ1n) is 14.1. The van der Waals surface area contributed by atoms with Crippen LogP contribution in [0.25, 0.3) is 5.57 Å². The maximum atomic E-state index is 12.9. The fourth-order valence-corrected chi connectivity index (χ4v) is 4.89. The maximum absolute atomic E-state index is 12.9. The molecule has 2 atom stereocenters. The summed E-state index contributed by atoms with van der Waals surface area (Å²) in [6.07, 6.45) is 13.2. The van der Waals surface area contributed by atoms with Crippen molar-refractivity contribution in [3.8, 4) is 0 Å². The molecular weight excluding hydrogens is 502 g/mol. The molecule has 0 spiro atoms. The third kappa shape index (κ3) is 7.62. The first-order valence-corrected chi connectivity index (χ1v) is 14.1. The fraction of sp³-hybridized carbons (Fsp3) is 0.424. The zero-order valence-corrected chi connectivity index (χ0v) is 24.3. The average Bonchev–Trinajstić information content (AvgIpc) is 3.31. The Bertz CT molecular complexity index is 1340. The van der Waals surface area contributed by atoms with Crippen LogP contribution in [0.15, 0.2) is 77.1 Å². The standard InChI is InChI=1S/C33H41N3O4.3H2/c1-21(2)24-10-8-12-28(19-24)39-27-11-7-9-23(13-18-27)32(38)35-26-16-14-25(15-17-26)34-31(37)22(3)29-20-30(40-36-29)33(4,5)6;;;/h9,11,13-18,20-21,24,28H,3,7-8,10,12,19H2,1-2,4-6H3,(H,34,37)(H,35,38);3*1H/t24?,28-;;;/m0.../s1. The SMILES string of the molecule is C=C(C(=O)Nc1ccc(NC(=O)C2=CCC=C(O[C@H]3CCCC(C(C)C)C3)C=C2)cc1)c1cc(C(C)(C)C)on1.[HH].[HH].[HH]. The van der Waals surface area contributed by atoms with Crippen molar-refractivity contribution in [3.63, 3.8) is 0 Å². The van der Waals surface area contributed by atoms with E-state index in [9.17, 15) is 9.59 Å². The molecule has 0 saturated heterocycles. The van der Waals surface area contributed by atoms with E-state index < -0.39 is 0 Å². The van der Waals surface area contributed by atoms with Crippen LogP contribution in [0.3, 0.4) is 0 Å². The summed E-state index contributed by atoms with van der Waals surface area (Å²) in [7, 11) is 0. The van der Waals surface area contributed by atoms with Gasteiger partial charge in [-0.25, -0.2) is 0 Å². The number of nitrogens with one attached hydrogen (secondary N) is 2. The first kappa shape index (κ1) is 29.1. The second kappa shape index (κ2) is 12.5. The van der Waals surface area contributed by atoms with Gasteiger partial charge in [0.2, 0.25) is 0 Å². The van der Waals surface area contributed by atoms with Crippen molar-refractivity contribution in [2.24, 2.45) is 11.8 Å². The van der Waals surface area contributed by atoms with E-state index in [0.29, 0.717) is 46.7 Å². The van der Waals surface area contributed by atoms with Crippen LogP contribution in [0.5, 0.6) is 0 Å². The molecule has 2 amide bonds. The molecule has 7 heteroatoms. The third-order valence-electron chi connectivity index (χ3n) is 7.49. The molecule has 2 aromatic rings. The summed E-state index contributed by atoms with van der Waals surface area (Å²) >= 11 is 0. The van der Waals surface area contributed by atoms with Crippen molar-refractivity contribution in [1.82, 2.24) is 5.16 Å². The highest BCUT2D eigenvalue weighted by Crippen LogP contribution is 2.33. The van der Waals surface area contributed by atoms with Crippen LogP contribution in [-0.2, 0) is 19.7 Å². The molecule has 1 fully saturated rings. The highest BCUT2D eigenvalue weighted by atomic mass is 16.5. The van der Waals surface area contributed by atoms with Gasteiger partial charge in [0.05, 0.1) is 11.7 Å². The van der Waals surface area contributed by atoms with Crippen LogP contribution in [0.4, 0.5) is 11.4 Å². The summed E-state index contributed by atoms with van der Waals surface area (Å²) in [5.41, 5.74) is 2.17. The molecule has 1 aromatic heterocycles. The average molecular weight is 550 g/mol. The summed E-state index contributed by atoms with van der Waals surface area (Å²) in [6, 6.07) is 8.67. The van der Waals surface area contributed by atoms with Gasteiger partial charge in [0, 0.05) is 32.7 Å². The van der Waals surface area contributed by atoms with E-state index in [-0.39, 0.29) is 33.2 Å². The van der Waals surface area contributed by atoms with Gasteiger partial charge in [0.1, 0.15) is 17.2 Å². The topological polar surface area (TPSA) is 93.5 Å². The lowest BCUT2D eigenvalue weighted by Gasteiger charge is -2.32. The Labute approximate surface area is 241 Å². The van der Waals surface area contributed by atoms with E-state index in [2.05, 4.69) is 36.2 Å². The molecule has 1 heterocycles. The smallest absolute Gasteiger partial charge is 0.257 e. The van der Waals surface area contributed by atoms with Gasteiger partial charge in [-0.2, -0.15) is 0 Å². The fourth-order valence-electron chi connectivity index (χ4n) is 4.89. The molecule has 0 aliphatic heterocycles. The number of benzene rings is 1. The number of allylic oxidation sites excluding steroid dienone is 3. The first-order chi connectivity index (χ1) is 19.0. The Kier molecular flexibility index (Phi) is 9.13. The number of anilines is 2. The largest absolute Gasteiger partial charge is 0.491 e. The Morgan fingerprint density at radius 2 is 1.77 bits per heavy atom. The normalized spacial score (nSPS) is 19.4. The second-order valence-electron chi connectivity index (χ2n) is 12.0. The summed E-state index contributed by atoms with van der Waals surface area (Å²) < 4.78 is 11.7. The number of carbonyl (C=O) groups is 2. The van der Waals surface area contributed by atoms with E-state index in [0.717, 1.165) is 18.6 Å². The van der Waals surface area contributed by atoms with Gasteiger partial charge >= 0.3 is 0 Å². The molecule has 0 radical (unpaired) electrons. The second-order valence-corrected chi connectivity index (χ2v) is 12.0. The molecule has 2 N–H and O–H groups in total. The highest BCUT2D eigenvalue weighted by Gasteiger charge is 2.26. The van der Waals surface area contributed by atoms with Gasteiger partial charge in [-0.3, -0.25) is 9.59 Å². The number of aromatic nitrogens is 1. The van der Waals surface area contributed by atoms with Gasteiger partial charge in [-0.15, -0.1) is 0 Å². The van der Waals surface area contributed by atoms with Crippen LogP contribution in [0, 0.1) is 11.8 Å². The number of rotatable bonds is 8. The molecule has 2 aliphatic rings. The van der Waals surface area contributed by atoms with Crippen molar-refractivity contribution in [2.75, 3.05) is 10.6 Å². The summed E-state index contributed by atoms with van der Waals surface area (Å²) in [5, 5.41) is 9.72. The van der Waals surface area contributed by atoms with Crippen LogP contribution in [0.1, 0.15) is 82.5 Å². The Balaban J connectivity index is 0.00000308. The minimum absolute atomic E-state index is 0. The van der Waals surface area contributed by atoms with Crippen molar-refractivity contribution in [1.29, 1.82) is 0 Å². The van der Waals surface area contributed by atoms with E-state index in [1.54, 1.807) is 30.3 Å². The zero-order chi connectivity index (χ0) is 28.9. The molecule has 1 unspecified atom stereocenters. The van der Waals surface area contributed by atoms with Crippen LogP contribution >= 0.6 is 0 Å². The molecular formula is C33H47N3O4. The number of amides is 2. The molecule has 1 saturated carbocycles. The van der Waals surface area contributed by atoms with Gasteiger partial charge in [-0.1, -0.05) is 52.4 Å². The zero-order valence-electron chi connectivity index (χ0n) is 24.3. The van der Waals surface area contributed by atoms with Crippen molar-refractivity contribution in [3.05, 3.63) is 84.0 Å². The molecule has 0 bridgehead atoms. The van der Waals surface area contributed by atoms with E-state index >= 15 is 0 Å². The predicted octanol–water partition coefficient (Wildman–Crippen LogP) is 8.30. The Morgan fingerprint density at radius 1 is 1.07 bits per heavy atom. The molecule has 40 heavy (non-hydrogen) atoms. The van der Waals surface area contributed by atoms with Crippen molar-refractivity contribution < 1.29 is 23.1 Å². The monoisotopic (exact) mass is 549 g/mol. The Hall–Kier alpha value is -3.87. The number of hydrogen-bond donors (Lipinski definition) is 2. The summed E-state index contributed by atoms with van der Waals surface area (Å²) in [6.45, 7) is 14.5. The van der Waals surface area contributed by atoms with Crippen molar-refractivity contribution >= 4 is 28.8 Å². The van der Waals surface area contributed by atoms with Gasteiger partial charge in [0.15, 0.2) is 0 Å². The van der Waals surface area contributed by atoms with Gasteiger partial charge < -0.3 is 19.9 Å². The summed E-state index contributed by atoms with van der Waals surface area (Å²) in [5.74, 6) is 2.32. The third-order valence-corrected chi connectivity index (χ3v) is 7.49. The van der Waals surface area contributed by atoms with Crippen LogP contribution in [0.2, 0.25) is 0 Å². The van der Waals surface area contributed by atoms with Crippen LogP contribution < -0.4 is 10.6 Å². The van der Waals surface area contributed by atoms with Crippen molar-refractivity contribution in [2.45, 2.75) is 78.2 Å². The number of nitrogens with zero attached hydrogens (tertiary/aromatic N) is 1. The van der Waals surface area contributed by atoms with E-state index in [4.69, 9.17) is 9.26 Å². The van der Waals surface area contributed by atoms with Gasteiger partial charge in [-0.05, 0) is 86.4 Å². The minimum atomic E-state index is -0.377. The molecule has 4 rings (SSSR count). The lowest BCUT2D eigenvalue weighted by atomic mass is 9.80. The Morgan fingerprint density at radius 3 is 2.42 bits per heavy atom. The lowest BCUT2D eigenvalue weighted by molar-refractivity contribution is -0.112. The number of carbonyl (C=O) groups excluding carboxylic acids is 2. The molecule has 1 aromatic carbocycles. The van der Waals surface area contributed by atoms with Crippen LogP contribution in [-0.4, -0.2) is 23.1 Å². The highest BCUT2D eigenvalue weighted by molar-refractivity contribution is 6.24. The molecule has 2 aliphatic carbocycles. The quantitative estimate of drug-likeness (QED) is 0.323. The molecule has 7 nitrogen and oxygen atoms in total. The number of hydrogen-bond acceptors (Lipinski definition) is 5. The number of ether oxygens (including phenoxy) is 1. The lowest BCUT2D eigenvalue weighted by Crippen LogP contribution is -2.25. The predicted molar refractivity (Wildman–Crippen MR) is 166 cm³/mol. The maximum Gasteiger partial charge on any atom is 0.257 e.